The summed E-state index contributed by atoms with van der Waals surface area (Å²) < 4.78 is 45.7. The highest BCUT2D eigenvalue weighted by Crippen LogP contribution is 2.43. The molecule has 0 spiro atoms. The molecule has 0 aliphatic rings. The van der Waals surface area contributed by atoms with E-state index < -0.39 is 11.7 Å². The number of nitriles is 1. The van der Waals surface area contributed by atoms with Gasteiger partial charge in [0.2, 0.25) is 0 Å². The first kappa shape index (κ1) is 32.3. The summed E-state index contributed by atoms with van der Waals surface area (Å²) in [4.78, 5) is 0. The van der Waals surface area contributed by atoms with Gasteiger partial charge in [-0.05, 0) is 110 Å². The second-order valence-corrected chi connectivity index (χ2v) is 13.8. The Morgan fingerprint density at radius 2 is 1.06 bits per heavy atom. The van der Waals surface area contributed by atoms with Gasteiger partial charge in [0.05, 0.1) is 50.6 Å². The first-order valence-corrected chi connectivity index (χ1v) is 17.5. The number of aryl methyl sites for hydroxylation is 3. The van der Waals surface area contributed by atoms with Crippen LogP contribution in [0.3, 0.4) is 0 Å². The number of hydrogen-bond donors (Lipinski definition) is 0. The van der Waals surface area contributed by atoms with Crippen molar-refractivity contribution in [3.05, 3.63) is 167 Å². The highest BCUT2D eigenvalue weighted by molar-refractivity contribution is 6.12. The summed E-state index contributed by atoms with van der Waals surface area (Å²) in [6, 6.07) is 47.8. The second-order valence-electron chi connectivity index (χ2n) is 13.8. The van der Waals surface area contributed by atoms with Crippen LogP contribution in [-0.2, 0) is 6.18 Å². The van der Waals surface area contributed by atoms with E-state index in [-0.39, 0.29) is 0 Å². The van der Waals surface area contributed by atoms with Crippen LogP contribution in [0, 0.1) is 32.1 Å². The van der Waals surface area contributed by atoms with Crippen LogP contribution in [0.5, 0.6) is 0 Å². The molecule has 9 rings (SSSR count). The average molecular weight is 696 g/mol. The summed E-state index contributed by atoms with van der Waals surface area (Å²) in [6.07, 6.45) is -4.44. The van der Waals surface area contributed by atoms with Crippen molar-refractivity contribution < 1.29 is 13.2 Å². The summed E-state index contributed by atoms with van der Waals surface area (Å²) >= 11 is 0. The lowest BCUT2D eigenvalue weighted by Gasteiger charge is -2.20. The van der Waals surface area contributed by atoms with Crippen LogP contribution < -0.4 is 0 Å². The number of aromatic nitrogens is 2. The number of hydrogen-bond acceptors (Lipinski definition) is 1. The molecule has 0 amide bonds. The highest BCUT2D eigenvalue weighted by Gasteiger charge is 2.31. The maximum absolute atomic E-state index is 13.7. The molecular formula is C47H32F3N3. The monoisotopic (exact) mass is 695 g/mol. The Morgan fingerprint density at radius 3 is 1.64 bits per heavy atom. The van der Waals surface area contributed by atoms with E-state index in [1.165, 1.54) is 6.07 Å². The third-order valence-corrected chi connectivity index (χ3v) is 10.4. The third kappa shape index (κ3) is 5.19. The van der Waals surface area contributed by atoms with Gasteiger partial charge < -0.3 is 9.13 Å². The third-order valence-electron chi connectivity index (χ3n) is 10.4. The Labute approximate surface area is 304 Å². The lowest BCUT2D eigenvalue weighted by atomic mass is 9.92. The van der Waals surface area contributed by atoms with E-state index in [0.717, 1.165) is 88.9 Å². The quantitative estimate of drug-likeness (QED) is 0.180. The molecule has 0 N–H and O–H groups in total. The predicted octanol–water partition coefficient (Wildman–Crippen LogP) is 13.0. The van der Waals surface area contributed by atoms with Crippen LogP contribution in [0.2, 0.25) is 0 Å². The molecule has 9 aromatic rings. The molecule has 0 bridgehead atoms. The minimum Gasteiger partial charge on any atom is -0.309 e. The van der Waals surface area contributed by atoms with Crippen molar-refractivity contribution in [3.8, 4) is 39.7 Å². The Bertz CT molecular complexity index is 2990. The van der Waals surface area contributed by atoms with Crippen LogP contribution in [0.15, 0.2) is 140 Å². The fourth-order valence-corrected chi connectivity index (χ4v) is 7.98. The molecule has 0 aliphatic carbocycles. The first-order chi connectivity index (χ1) is 25.6. The summed E-state index contributed by atoms with van der Waals surface area (Å²) in [6.45, 7) is 5.90. The van der Waals surface area contributed by atoms with Gasteiger partial charge in [0.15, 0.2) is 0 Å². The maximum atomic E-state index is 13.7. The van der Waals surface area contributed by atoms with Crippen molar-refractivity contribution in [2.75, 3.05) is 0 Å². The predicted molar refractivity (Wildman–Crippen MR) is 210 cm³/mol. The molecule has 0 atom stereocenters. The summed E-state index contributed by atoms with van der Waals surface area (Å²) in [7, 11) is 0. The lowest BCUT2D eigenvalue weighted by Crippen LogP contribution is -2.05. The van der Waals surface area contributed by atoms with Crippen molar-refractivity contribution in [3.63, 3.8) is 0 Å². The smallest absolute Gasteiger partial charge is 0.309 e. The molecule has 0 unspecified atom stereocenters. The molecule has 0 saturated carbocycles. The molecule has 256 valence electrons. The van der Waals surface area contributed by atoms with Gasteiger partial charge in [-0.3, -0.25) is 0 Å². The number of alkyl halides is 3. The molecule has 0 aliphatic heterocycles. The molecule has 3 nitrogen and oxygen atoms in total. The summed E-state index contributed by atoms with van der Waals surface area (Å²) in [5.74, 6) is 0. The number of para-hydroxylation sites is 2. The van der Waals surface area contributed by atoms with Gasteiger partial charge in [-0.1, -0.05) is 77.9 Å². The molecule has 53 heavy (non-hydrogen) atoms. The van der Waals surface area contributed by atoms with Gasteiger partial charge in [0.25, 0.3) is 0 Å². The van der Waals surface area contributed by atoms with Crippen molar-refractivity contribution in [1.29, 1.82) is 5.26 Å². The van der Waals surface area contributed by atoms with Crippen LogP contribution in [0.1, 0.15) is 27.8 Å². The number of rotatable bonds is 4. The van der Waals surface area contributed by atoms with Crippen molar-refractivity contribution in [2.45, 2.75) is 26.9 Å². The number of nitrogens with zero attached hydrogens (tertiary/aromatic N) is 3. The van der Waals surface area contributed by atoms with Crippen LogP contribution in [-0.4, -0.2) is 9.13 Å². The molecule has 2 aromatic heterocycles. The maximum Gasteiger partial charge on any atom is 0.416 e. The van der Waals surface area contributed by atoms with Crippen LogP contribution >= 0.6 is 0 Å². The molecule has 0 radical (unpaired) electrons. The molecular weight excluding hydrogens is 664 g/mol. The second kappa shape index (κ2) is 12.0. The molecule has 2 heterocycles. The fourth-order valence-electron chi connectivity index (χ4n) is 7.98. The number of halogens is 3. The van der Waals surface area contributed by atoms with Gasteiger partial charge in [0, 0.05) is 32.7 Å². The SMILES string of the molecule is Cc1ccc2c(c1)c1ccccc1n2-c1ccc(-c2ccc(C(F)(F)F)cc2C)cc1-c1ccc(C#N)cc1-n1c2ccccc2c2cc(C)ccc21. The Kier molecular flexibility index (Phi) is 7.32. The molecule has 7 aromatic carbocycles. The topological polar surface area (TPSA) is 33.6 Å². The minimum atomic E-state index is -4.44. The van der Waals surface area contributed by atoms with Crippen molar-refractivity contribution >= 4 is 43.6 Å². The summed E-state index contributed by atoms with van der Waals surface area (Å²) in [5, 5.41) is 14.7. The first-order valence-electron chi connectivity index (χ1n) is 17.5. The number of benzene rings is 7. The van der Waals surface area contributed by atoms with E-state index in [9.17, 15) is 18.4 Å². The largest absolute Gasteiger partial charge is 0.416 e. The van der Waals surface area contributed by atoms with E-state index in [0.29, 0.717) is 16.7 Å². The molecule has 6 heteroatoms. The van der Waals surface area contributed by atoms with Gasteiger partial charge in [-0.2, -0.15) is 18.4 Å². The van der Waals surface area contributed by atoms with Gasteiger partial charge >= 0.3 is 6.18 Å². The molecule has 0 saturated heterocycles. The zero-order valence-electron chi connectivity index (χ0n) is 29.3. The summed E-state index contributed by atoms with van der Waals surface area (Å²) in [5.41, 5.74) is 11.8. The zero-order chi connectivity index (χ0) is 36.6. The Balaban J connectivity index is 1.41. The Hall–Kier alpha value is -6.58. The molecule has 0 fully saturated rings. The van der Waals surface area contributed by atoms with E-state index in [2.05, 4.69) is 108 Å². The standard InChI is InChI=1S/C47H32F3N3/c1-28-12-19-43-38(22-28)35-8-4-6-10-41(35)52(43)45-21-15-32(34-18-16-33(24-30(34)3)47(48,49)50)26-40(45)37-17-14-31(27-51)25-46(37)53-42-11-7-5-9-36(42)39-23-29(2)13-20-44(39)53/h4-26H,1-3H3. The van der Waals surface area contributed by atoms with Gasteiger partial charge in [0.1, 0.15) is 0 Å². The van der Waals surface area contributed by atoms with Crippen LogP contribution in [0.4, 0.5) is 13.2 Å². The zero-order valence-corrected chi connectivity index (χ0v) is 29.3. The van der Waals surface area contributed by atoms with Crippen molar-refractivity contribution in [2.24, 2.45) is 0 Å². The van der Waals surface area contributed by atoms with Gasteiger partial charge in [-0.25, -0.2) is 0 Å². The minimum absolute atomic E-state index is 0.519. The van der Waals surface area contributed by atoms with Crippen LogP contribution in [0.25, 0.3) is 77.2 Å². The number of fused-ring (bicyclic) bond motifs is 6. The average Bonchev–Trinajstić information content (AvgIpc) is 3.66. The fraction of sp³-hybridized carbons (Fsp3) is 0.0851. The lowest BCUT2D eigenvalue weighted by molar-refractivity contribution is -0.137. The van der Waals surface area contributed by atoms with Crippen molar-refractivity contribution in [1.82, 2.24) is 9.13 Å². The van der Waals surface area contributed by atoms with E-state index in [1.807, 2.05) is 42.5 Å². The van der Waals surface area contributed by atoms with E-state index in [4.69, 9.17) is 0 Å². The van der Waals surface area contributed by atoms with E-state index in [1.54, 1.807) is 13.0 Å². The normalized spacial score (nSPS) is 11.9. The van der Waals surface area contributed by atoms with Gasteiger partial charge in [-0.15, -0.1) is 0 Å². The Morgan fingerprint density at radius 1 is 0.491 bits per heavy atom. The van der Waals surface area contributed by atoms with E-state index >= 15 is 0 Å². The highest BCUT2D eigenvalue weighted by atomic mass is 19.4.